The molecule has 94 valence electrons. The van der Waals surface area contributed by atoms with Crippen LogP contribution in [0, 0.1) is 0 Å². The maximum Gasteiger partial charge on any atom is 0.129 e. The summed E-state index contributed by atoms with van der Waals surface area (Å²) in [4.78, 5) is 9.48. The second kappa shape index (κ2) is 5.47. The molecular formula is C13H22N4. The summed E-state index contributed by atoms with van der Waals surface area (Å²) >= 11 is 0. The Labute approximate surface area is 104 Å². The lowest BCUT2D eigenvalue weighted by Gasteiger charge is -2.39. The van der Waals surface area contributed by atoms with Crippen LogP contribution >= 0.6 is 0 Å². The molecule has 2 heterocycles. The van der Waals surface area contributed by atoms with E-state index in [9.17, 15) is 0 Å². The van der Waals surface area contributed by atoms with E-state index < -0.39 is 0 Å². The van der Waals surface area contributed by atoms with Crippen LogP contribution in [0.25, 0.3) is 0 Å². The summed E-state index contributed by atoms with van der Waals surface area (Å²) in [5, 5.41) is 3.14. The van der Waals surface area contributed by atoms with Crippen LogP contribution in [-0.4, -0.2) is 49.7 Å². The maximum absolute atomic E-state index is 4.71. The Balaban J connectivity index is 2.13. The maximum atomic E-state index is 4.71. The van der Waals surface area contributed by atoms with Gasteiger partial charge in [0, 0.05) is 32.2 Å². The first kappa shape index (κ1) is 12.3. The van der Waals surface area contributed by atoms with Gasteiger partial charge in [0.2, 0.25) is 0 Å². The van der Waals surface area contributed by atoms with Crippen molar-refractivity contribution in [1.29, 1.82) is 0 Å². The molecule has 1 fully saturated rings. The number of pyridine rings is 1. The highest BCUT2D eigenvalue weighted by Crippen LogP contribution is 2.18. The Morgan fingerprint density at radius 2 is 2.24 bits per heavy atom. The number of rotatable bonds is 3. The topological polar surface area (TPSA) is 31.4 Å². The van der Waals surface area contributed by atoms with Crippen molar-refractivity contribution in [2.24, 2.45) is 0 Å². The number of hydrogen-bond donors (Lipinski definition) is 1. The largest absolute Gasteiger partial charge is 0.351 e. The highest BCUT2D eigenvalue weighted by Gasteiger charge is 2.22. The minimum Gasteiger partial charge on any atom is -0.351 e. The average Bonchev–Trinajstić information content (AvgIpc) is 2.29. The van der Waals surface area contributed by atoms with Crippen molar-refractivity contribution in [3.05, 3.63) is 23.9 Å². The molecule has 1 aromatic heterocycles. The van der Waals surface area contributed by atoms with Gasteiger partial charge in [0.25, 0.3) is 0 Å². The number of aromatic nitrogens is 1. The van der Waals surface area contributed by atoms with E-state index in [4.69, 9.17) is 4.98 Å². The van der Waals surface area contributed by atoms with Gasteiger partial charge in [0.1, 0.15) is 5.82 Å². The standard InChI is InChI=1S/C13H22N4/c1-11-10-16(3)7-8-17(11)13-6-4-5-12(15-13)9-14-2/h4-6,11,14H,7-10H2,1-3H3. The van der Waals surface area contributed by atoms with Gasteiger partial charge >= 0.3 is 0 Å². The van der Waals surface area contributed by atoms with Gasteiger partial charge in [0.05, 0.1) is 5.69 Å². The third kappa shape index (κ3) is 2.96. The minimum absolute atomic E-state index is 0.533. The number of piperazine rings is 1. The van der Waals surface area contributed by atoms with Crippen LogP contribution in [0.2, 0.25) is 0 Å². The smallest absolute Gasteiger partial charge is 0.129 e. The summed E-state index contributed by atoms with van der Waals surface area (Å²) in [7, 11) is 4.13. The summed E-state index contributed by atoms with van der Waals surface area (Å²) in [6.45, 7) is 6.38. The summed E-state index contributed by atoms with van der Waals surface area (Å²) in [5.41, 5.74) is 1.11. The molecule has 1 atom stereocenters. The number of likely N-dealkylation sites (N-methyl/N-ethyl adjacent to an activating group) is 1. The Bertz CT molecular complexity index is 366. The van der Waals surface area contributed by atoms with Crippen molar-refractivity contribution in [3.8, 4) is 0 Å². The van der Waals surface area contributed by atoms with Gasteiger partial charge in [0.15, 0.2) is 0 Å². The molecule has 1 aliphatic rings. The Morgan fingerprint density at radius 3 is 2.94 bits per heavy atom. The van der Waals surface area contributed by atoms with Gasteiger partial charge in [-0.05, 0) is 33.2 Å². The first-order valence-corrected chi connectivity index (χ1v) is 6.26. The molecule has 1 aliphatic heterocycles. The van der Waals surface area contributed by atoms with E-state index in [0.717, 1.165) is 37.7 Å². The van der Waals surface area contributed by atoms with Gasteiger partial charge in [-0.3, -0.25) is 0 Å². The first-order chi connectivity index (χ1) is 8.20. The first-order valence-electron chi connectivity index (χ1n) is 6.26. The molecule has 0 radical (unpaired) electrons. The van der Waals surface area contributed by atoms with Crippen molar-refractivity contribution in [1.82, 2.24) is 15.2 Å². The van der Waals surface area contributed by atoms with Crippen molar-refractivity contribution in [3.63, 3.8) is 0 Å². The lowest BCUT2D eigenvalue weighted by atomic mass is 10.2. The normalized spacial score (nSPS) is 21.8. The van der Waals surface area contributed by atoms with E-state index in [1.165, 1.54) is 0 Å². The van der Waals surface area contributed by atoms with Crippen molar-refractivity contribution in [2.45, 2.75) is 19.5 Å². The second-order valence-electron chi connectivity index (χ2n) is 4.82. The van der Waals surface area contributed by atoms with Gasteiger partial charge in [-0.25, -0.2) is 4.98 Å². The second-order valence-corrected chi connectivity index (χ2v) is 4.82. The fourth-order valence-electron chi connectivity index (χ4n) is 2.39. The van der Waals surface area contributed by atoms with Gasteiger partial charge < -0.3 is 15.1 Å². The molecule has 0 bridgehead atoms. The van der Waals surface area contributed by atoms with Crippen LogP contribution in [-0.2, 0) is 6.54 Å². The zero-order chi connectivity index (χ0) is 12.3. The van der Waals surface area contributed by atoms with Crippen LogP contribution in [0.1, 0.15) is 12.6 Å². The molecule has 1 aromatic rings. The average molecular weight is 234 g/mol. The van der Waals surface area contributed by atoms with E-state index in [1.807, 2.05) is 7.05 Å². The van der Waals surface area contributed by atoms with Crippen LogP contribution in [0.15, 0.2) is 18.2 Å². The molecule has 1 N–H and O–H groups in total. The molecular weight excluding hydrogens is 212 g/mol. The molecule has 4 nitrogen and oxygen atoms in total. The predicted octanol–water partition coefficient (Wildman–Crippen LogP) is 0.941. The van der Waals surface area contributed by atoms with E-state index in [2.05, 4.69) is 47.3 Å². The Kier molecular flexibility index (Phi) is 3.97. The minimum atomic E-state index is 0.533. The summed E-state index contributed by atoms with van der Waals surface area (Å²) in [6.07, 6.45) is 0. The number of hydrogen-bond acceptors (Lipinski definition) is 4. The third-order valence-corrected chi connectivity index (χ3v) is 3.27. The van der Waals surface area contributed by atoms with E-state index in [0.29, 0.717) is 6.04 Å². The Morgan fingerprint density at radius 1 is 1.41 bits per heavy atom. The lowest BCUT2D eigenvalue weighted by Crippen LogP contribution is -2.50. The fraction of sp³-hybridized carbons (Fsp3) is 0.615. The molecule has 2 rings (SSSR count). The third-order valence-electron chi connectivity index (χ3n) is 3.27. The van der Waals surface area contributed by atoms with Crippen molar-refractivity contribution < 1.29 is 0 Å². The zero-order valence-electron chi connectivity index (χ0n) is 11.0. The van der Waals surface area contributed by atoms with Crippen LogP contribution in [0.4, 0.5) is 5.82 Å². The number of anilines is 1. The van der Waals surface area contributed by atoms with Gasteiger partial charge in [-0.2, -0.15) is 0 Å². The molecule has 0 aromatic carbocycles. The van der Waals surface area contributed by atoms with Gasteiger partial charge in [-0.1, -0.05) is 6.07 Å². The summed E-state index contributed by atoms with van der Waals surface area (Å²) in [6, 6.07) is 6.81. The van der Waals surface area contributed by atoms with Crippen LogP contribution in [0.5, 0.6) is 0 Å². The fourth-order valence-corrected chi connectivity index (χ4v) is 2.39. The molecule has 0 saturated carbocycles. The highest BCUT2D eigenvalue weighted by atomic mass is 15.3. The lowest BCUT2D eigenvalue weighted by molar-refractivity contribution is 0.274. The van der Waals surface area contributed by atoms with Crippen molar-refractivity contribution >= 4 is 5.82 Å². The molecule has 4 heteroatoms. The molecule has 1 unspecified atom stereocenters. The van der Waals surface area contributed by atoms with E-state index >= 15 is 0 Å². The SMILES string of the molecule is CNCc1cccc(N2CCN(C)CC2C)n1. The highest BCUT2D eigenvalue weighted by molar-refractivity contribution is 5.41. The van der Waals surface area contributed by atoms with E-state index in [1.54, 1.807) is 0 Å². The quantitative estimate of drug-likeness (QED) is 0.843. The molecule has 1 saturated heterocycles. The molecule has 17 heavy (non-hydrogen) atoms. The number of nitrogens with zero attached hydrogens (tertiary/aromatic N) is 3. The van der Waals surface area contributed by atoms with Gasteiger partial charge in [-0.15, -0.1) is 0 Å². The van der Waals surface area contributed by atoms with E-state index in [-0.39, 0.29) is 0 Å². The van der Waals surface area contributed by atoms with Crippen LogP contribution < -0.4 is 10.2 Å². The van der Waals surface area contributed by atoms with Crippen molar-refractivity contribution in [2.75, 3.05) is 38.6 Å². The summed E-state index contributed by atoms with van der Waals surface area (Å²) in [5.74, 6) is 1.11. The predicted molar refractivity (Wildman–Crippen MR) is 71.3 cm³/mol. The monoisotopic (exact) mass is 234 g/mol. The van der Waals surface area contributed by atoms with Crippen LogP contribution in [0.3, 0.4) is 0 Å². The zero-order valence-corrected chi connectivity index (χ0v) is 11.0. The Hall–Kier alpha value is -1.13. The summed E-state index contributed by atoms with van der Waals surface area (Å²) < 4.78 is 0. The number of nitrogens with one attached hydrogen (secondary N) is 1. The molecule has 0 amide bonds. The molecule has 0 spiro atoms. The molecule has 0 aliphatic carbocycles.